The highest BCUT2D eigenvalue weighted by Crippen LogP contribution is 2.42. The van der Waals surface area contributed by atoms with Crippen LogP contribution in [0, 0.1) is 5.41 Å². The number of rotatable bonds is 13. The maximum atomic E-state index is 12.1. The Morgan fingerprint density at radius 1 is 1.27 bits per heavy atom. The molecule has 0 amide bonds. The lowest BCUT2D eigenvalue weighted by Gasteiger charge is -2.18. The van der Waals surface area contributed by atoms with E-state index in [1.54, 1.807) is 0 Å². The van der Waals surface area contributed by atoms with E-state index in [1.807, 2.05) is 20.8 Å². The standard InChI is InChI=1S/C23H37ClN5O11P/c1-23(2,3)10-37-22(32)38-11-39-41(33,34)12-36-9-15-18(31)17(30)14(40-15)4-6-26-16-19(25)28-21(24)29-20(16)27-13-5-7-35-8-13/h6,13-15,17-18,30-31H,4-5,7-12H2,1-3H3,(H,33,34)(H3,25,27,28,29)/t13-,14?,15+,17-,18+/m0/s1. The number of carbonyl (C=O) groups excluding carboxylic acids is 1. The number of aromatic nitrogens is 2. The third kappa shape index (κ3) is 10.9. The fourth-order valence-electron chi connectivity index (χ4n) is 3.71. The number of hydrogen-bond acceptors (Lipinski definition) is 15. The number of ether oxygens (including phenoxy) is 5. The number of hydrogen-bond donors (Lipinski definition) is 5. The third-order valence-corrected chi connectivity index (χ3v) is 6.95. The number of aliphatic hydroxyl groups excluding tert-OH is 2. The van der Waals surface area contributed by atoms with Crippen molar-refractivity contribution >= 4 is 48.9 Å². The van der Waals surface area contributed by atoms with Gasteiger partial charge in [0.2, 0.25) is 12.1 Å². The van der Waals surface area contributed by atoms with Crippen LogP contribution in [0.15, 0.2) is 4.99 Å². The molecule has 2 unspecified atom stereocenters. The number of nitrogens with one attached hydrogen (secondary N) is 1. The first kappa shape index (κ1) is 33.4. The van der Waals surface area contributed by atoms with Crippen LogP contribution in [0.5, 0.6) is 0 Å². The number of aliphatic imine (C=N–C) groups is 1. The van der Waals surface area contributed by atoms with Crippen LogP contribution in [0.1, 0.15) is 33.6 Å². The molecular weight excluding hydrogens is 589 g/mol. The Morgan fingerprint density at radius 2 is 2.00 bits per heavy atom. The first-order chi connectivity index (χ1) is 19.2. The van der Waals surface area contributed by atoms with E-state index in [9.17, 15) is 24.5 Å². The molecule has 41 heavy (non-hydrogen) atoms. The molecule has 2 saturated heterocycles. The summed E-state index contributed by atoms with van der Waals surface area (Å²) in [5.74, 6) is 0.376. The summed E-state index contributed by atoms with van der Waals surface area (Å²) in [7, 11) is -4.31. The van der Waals surface area contributed by atoms with Gasteiger partial charge in [0.15, 0.2) is 11.6 Å². The zero-order chi connectivity index (χ0) is 30.2. The fourth-order valence-corrected chi connectivity index (χ4v) is 4.52. The molecule has 6 atom stereocenters. The van der Waals surface area contributed by atoms with Crippen molar-refractivity contribution in [2.24, 2.45) is 10.4 Å². The molecule has 2 fully saturated rings. The molecule has 18 heteroatoms. The van der Waals surface area contributed by atoms with Gasteiger partial charge in [0, 0.05) is 19.2 Å². The highest BCUT2D eigenvalue weighted by Gasteiger charge is 2.42. The molecule has 1 aromatic rings. The van der Waals surface area contributed by atoms with Crippen molar-refractivity contribution in [2.45, 2.75) is 64.1 Å². The number of nitrogens with two attached hydrogens (primary N) is 1. The van der Waals surface area contributed by atoms with E-state index in [0.29, 0.717) is 19.0 Å². The van der Waals surface area contributed by atoms with Gasteiger partial charge >= 0.3 is 13.8 Å². The van der Waals surface area contributed by atoms with Gasteiger partial charge in [-0.1, -0.05) is 20.8 Å². The van der Waals surface area contributed by atoms with Gasteiger partial charge in [0.1, 0.15) is 30.3 Å². The zero-order valence-electron chi connectivity index (χ0n) is 23.0. The minimum atomic E-state index is -4.31. The lowest BCUT2D eigenvalue weighted by atomic mass is 9.99. The molecule has 6 N–H and O–H groups in total. The molecular formula is C23H37ClN5O11P. The first-order valence-electron chi connectivity index (χ1n) is 12.8. The molecule has 0 aromatic carbocycles. The second kappa shape index (κ2) is 14.8. The topological polar surface area (TPSA) is 226 Å². The minimum absolute atomic E-state index is 0.00676. The Labute approximate surface area is 242 Å². The van der Waals surface area contributed by atoms with E-state index in [0.717, 1.165) is 6.42 Å². The van der Waals surface area contributed by atoms with Crippen molar-refractivity contribution in [2.75, 3.05) is 50.6 Å². The summed E-state index contributed by atoms with van der Waals surface area (Å²) < 4.78 is 42.5. The summed E-state index contributed by atoms with van der Waals surface area (Å²) in [6, 6.07) is 0.00676. The zero-order valence-corrected chi connectivity index (χ0v) is 24.6. The van der Waals surface area contributed by atoms with Crippen LogP contribution in [-0.4, -0.2) is 107 Å². The SMILES string of the molecule is CC(C)(C)COC(=O)OCOP(=O)(O)COC[C@H]1OC(CC=Nc2c(N)nc(Cl)nc2N[C@H]2CCOC2)[C@H](O)[C@@H]1O. The molecule has 0 bridgehead atoms. The number of halogens is 1. The normalized spacial score (nSPS) is 26.3. The van der Waals surface area contributed by atoms with E-state index in [-0.39, 0.29) is 47.9 Å². The quantitative estimate of drug-likeness (QED) is 0.0692. The summed E-state index contributed by atoms with van der Waals surface area (Å²) in [5.41, 5.74) is 5.95. The van der Waals surface area contributed by atoms with Crippen molar-refractivity contribution < 1.29 is 52.7 Å². The molecule has 1 aromatic heterocycles. The largest absolute Gasteiger partial charge is 0.510 e. The smallest absolute Gasteiger partial charge is 0.434 e. The second-order valence-electron chi connectivity index (χ2n) is 10.6. The average molecular weight is 626 g/mol. The monoisotopic (exact) mass is 625 g/mol. The van der Waals surface area contributed by atoms with E-state index < -0.39 is 51.3 Å². The van der Waals surface area contributed by atoms with Crippen LogP contribution in [0.2, 0.25) is 5.28 Å². The summed E-state index contributed by atoms with van der Waals surface area (Å²) in [6.45, 7) is 5.60. The predicted molar refractivity (Wildman–Crippen MR) is 146 cm³/mol. The van der Waals surface area contributed by atoms with Crippen molar-refractivity contribution in [1.29, 1.82) is 0 Å². The first-order valence-corrected chi connectivity index (χ1v) is 14.9. The fraction of sp³-hybridized carbons (Fsp3) is 0.739. The van der Waals surface area contributed by atoms with Crippen LogP contribution in [-0.2, 0) is 32.8 Å². The molecule has 0 aliphatic carbocycles. The summed E-state index contributed by atoms with van der Waals surface area (Å²) in [5, 5.41) is 23.9. The highest BCUT2D eigenvalue weighted by molar-refractivity contribution is 7.52. The lowest BCUT2D eigenvalue weighted by molar-refractivity contribution is -0.0401. The predicted octanol–water partition coefficient (Wildman–Crippen LogP) is 1.83. The lowest BCUT2D eigenvalue weighted by Crippen LogP contribution is -2.34. The summed E-state index contributed by atoms with van der Waals surface area (Å²) in [6.07, 6.45) is -4.03. The van der Waals surface area contributed by atoms with Crippen LogP contribution in [0.4, 0.5) is 22.1 Å². The summed E-state index contributed by atoms with van der Waals surface area (Å²) >= 11 is 5.94. The number of anilines is 2. The van der Waals surface area contributed by atoms with Gasteiger partial charge in [0.25, 0.3) is 0 Å². The Morgan fingerprint density at radius 3 is 2.68 bits per heavy atom. The van der Waals surface area contributed by atoms with Gasteiger partial charge in [-0.3, -0.25) is 14.1 Å². The minimum Gasteiger partial charge on any atom is -0.434 e. The maximum absolute atomic E-state index is 12.1. The Kier molecular flexibility index (Phi) is 12.1. The van der Waals surface area contributed by atoms with Gasteiger partial charge in [0.05, 0.1) is 32.0 Å². The van der Waals surface area contributed by atoms with E-state index in [1.165, 1.54) is 6.21 Å². The Balaban J connectivity index is 1.44. The van der Waals surface area contributed by atoms with Gasteiger partial charge in [-0.15, -0.1) is 0 Å². The van der Waals surface area contributed by atoms with Crippen LogP contribution in [0.3, 0.4) is 0 Å². The van der Waals surface area contributed by atoms with Crippen molar-refractivity contribution in [3.05, 3.63) is 5.28 Å². The van der Waals surface area contributed by atoms with Crippen LogP contribution < -0.4 is 11.1 Å². The van der Waals surface area contributed by atoms with Gasteiger partial charge < -0.3 is 49.8 Å². The molecule has 0 radical (unpaired) electrons. The molecule has 232 valence electrons. The molecule has 16 nitrogen and oxygen atoms in total. The van der Waals surface area contributed by atoms with Gasteiger partial charge in [-0.25, -0.2) is 4.79 Å². The molecule has 0 saturated carbocycles. The van der Waals surface area contributed by atoms with Crippen LogP contribution in [0.25, 0.3) is 0 Å². The second-order valence-corrected chi connectivity index (χ2v) is 12.8. The van der Waals surface area contributed by atoms with Crippen LogP contribution >= 0.6 is 19.2 Å². The molecule has 3 rings (SSSR count). The number of nitrogen functional groups attached to an aromatic ring is 1. The van der Waals surface area contributed by atoms with Crippen molar-refractivity contribution in [3.8, 4) is 0 Å². The molecule has 0 spiro atoms. The average Bonchev–Trinajstić information content (AvgIpc) is 3.47. The summed E-state index contributed by atoms with van der Waals surface area (Å²) in [4.78, 5) is 33.8. The van der Waals surface area contributed by atoms with Gasteiger partial charge in [-0.05, 0) is 23.4 Å². The van der Waals surface area contributed by atoms with E-state index in [2.05, 4.69) is 29.5 Å². The van der Waals surface area contributed by atoms with E-state index >= 15 is 0 Å². The molecule has 3 heterocycles. The van der Waals surface area contributed by atoms with Crippen molar-refractivity contribution in [3.63, 3.8) is 0 Å². The number of aliphatic hydroxyl groups is 2. The Bertz CT molecular complexity index is 1100. The van der Waals surface area contributed by atoms with Gasteiger partial charge in [-0.2, -0.15) is 9.97 Å². The van der Waals surface area contributed by atoms with Crippen molar-refractivity contribution in [1.82, 2.24) is 9.97 Å². The third-order valence-electron chi connectivity index (χ3n) is 5.76. The number of carbonyl (C=O) groups is 1. The number of nitrogens with zero attached hydrogens (tertiary/aromatic N) is 3. The molecule has 2 aliphatic rings. The highest BCUT2D eigenvalue weighted by atomic mass is 35.5. The maximum Gasteiger partial charge on any atom is 0.510 e. The van der Waals surface area contributed by atoms with E-state index in [4.69, 9.17) is 36.3 Å². The molecule has 2 aliphatic heterocycles. The Hall–Kier alpha value is -2.14.